The van der Waals surface area contributed by atoms with Crippen LogP contribution in [0.5, 0.6) is 0 Å². The topological polar surface area (TPSA) is 96.9 Å². The van der Waals surface area contributed by atoms with Gasteiger partial charge >= 0.3 is 5.69 Å². The van der Waals surface area contributed by atoms with E-state index in [9.17, 15) is 14.4 Å². The van der Waals surface area contributed by atoms with Crippen LogP contribution in [0.4, 0.5) is 0 Å². The smallest absolute Gasteiger partial charge is 0.328 e. The molecule has 0 bridgehead atoms. The Balaban J connectivity index is 1.61. The summed E-state index contributed by atoms with van der Waals surface area (Å²) in [4.78, 5) is 43.1. The summed E-state index contributed by atoms with van der Waals surface area (Å²) in [6.45, 7) is 0.553. The number of halogens is 1. The van der Waals surface area contributed by atoms with Gasteiger partial charge in [0.2, 0.25) is 5.91 Å². The Morgan fingerprint density at radius 2 is 2.12 bits per heavy atom. The maximum absolute atomic E-state index is 12.4. The summed E-state index contributed by atoms with van der Waals surface area (Å²) in [6.07, 6.45) is 3.94. The first-order valence-corrected chi connectivity index (χ1v) is 8.50. The van der Waals surface area contributed by atoms with Crippen molar-refractivity contribution in [3.05, 3.63) is 74.1 Å². The fourth-order valence-corrected chi connectivity index (χ4v) is 2.79. The van der Waals surface area contributed by atoms with Crippen LogP contribution < -0.4 is 16.6 Å². The lowest BCUT2D eigenvalue weighted by atomic mass is 10.2. The first-order valence-electron chi connectivity index (χ1n) is 8.12. The van der Waals surface area contributed by atoms with E-state index in [0.717, 1.165) is 10.1 Å². The number of rotatable bonds is 6. The van der Waals surface area contributed by atoms with Crippen LogP contribution in [-0.2, 0) is 17.9 Å². The Hall–Kier alpha value is -2.93. The number of hydrogen-bond acceptors (Lipinski definition) is 4. The zero-order chi connectivity index (χ0) is 18.5. The predicted octanol–water partition coefficient (Wildman–Crippen LogP) is 1.83. The van der Waals surface area contributed by atoms with E-state index >= 15 is 0 Å². The fraction of sp³-hybridized carbons (Fsp3) is 0.222. The standard InChI is InChI=1S/C18H17ClN4O3/c19-13-5-6-14-15(9-13)22-18(26)23(17(14)25)8-2-4-16(24)21-11-12-3-1-7-20-10-12/h1,3,5-7,9-10H,2,4,8,11H2,(H,21,24)(H,22,26). The molecule has 0 radical (unpaired) electrons. The molecular weight excluding hydrogens is 356 g/mol. The SMILES string of the molecule is O=C(CCCn1c(=O)[nH]c2cc(Cl)ccc2c1=O)NCc1cccnc1. The lowest BCUT2D eigenvalue weighted by Gasteiger charge is -2.07. The van der Waals surface area contributed by atoms with Crippen molar-refractivity contribution >= 4 is 28.4 Å². The second-order valence-electron chi connectivity index (χ2n) is 5.82. The first kappa shape index (κ1) is 17.9. The van der Waals surface area contributed by atoms with Gasteiger partial charge in [0.15, 0.2) is 0 Å². The number of aromatic amines is 1. The molecule has 3 aromatic rings. The van der Waals surface area contributed by atoms with Crippen molar-refractivity contribution in [1.29, 1.82) is 0 Å². The Morgan fingerprint density at radius 1 is 1.27 bits per heavy atom. The number of carbonyl (C=O) groups is 1. The number of carbonyl (C=O) groups excluding carboxylic acids is 1. The maximum atomic E-state index is 12.4. The molecule has 2 aromatic heterocycles. The van der Waals surface area contributed by atoms with Crippen molar-refractivity contribution in [2.45, 2.75) is 25.9 Å². The van der Waals surface area contributed by atoms with Crippen LogP contribution in [0.25, 0.3) is 10.9 Å². The summed E-state index contributed by atoms with van der Waals surface area (Å²) in [5, 5.41) is 3.61. The fourth-order valence-electron chi connectivity index (χ4n) is 2.62. The highest BCUT2D eigenvalue weighted by atomic mass is 35.5. The zero-order valence-electron chi connectivity index (χ0n) is 13.9. The monoisotopic (exact) mass is 372 g/mol. The molecule has 0 saturated heterocycles. The van der Waals surface area contributed by atoms with Crippen LogP contribution in [0.1, 0.15) is 18.4 Å². The van der Waals surface area contributed by atoms with Gasteiger partial charge in [-0.15, -0.1) is 0 Å². The van der Waals surface area contributed by atoms with Gasteiger partial charge in [-0.2, -0.15) is 0 Å². The first-order chi connectivity index (χ1) is 12.5. The number of H-pyrrole nitrogens is 1. The molecule has 0 atom stereocenters. The molecule has 8 heteroatoms. The van der Waals surface area contributed by atoms with E-state index in [-0.39, 0.29) is 18.9 Å². The van der Waals surface area contributed by atoms with Gasteiger partial charge in [-0.1, -0.05) is 17.7 Å². The maximum Gasteiger partial charge on any atom is 0.328 e. The molecule has 0 saturated carbocycles. The highest BCUT2D eigenvalue weighted by molar-refractivity contribution is 6.31. The summed E-state index contributed by atoms with van der Waals surface area (Å²) >= 11 is 5.88. The van der Waals surface area contributed by atoms with Crippen LogP contribution in [0.3, 0.4) is 0 Å². The van der Waals surface area contributed by atoms with Gasteiger partial charge in [-0.05, 0) is 36.2 Å². The van der Waals surface area contributed by atoms with Gasteiger partial charge in [0.1, 0.15) is 0 Å². The second kappa shape index (κ2) is 7.97. The minimum absolute atomic E-state index is 0.147. The number of benzene rings is 1. The Bertz CT molecular complexity index is 1040. The summed E-state index contributed by atoms with van der Waals surface area (Å²) < 4.78 is 1.10. The van der Waals surface area contributed by atoms with E-state index in [2.05, 4.69) is 15.3 Å². The molecule has 0 unspecified atom stereocenters. The van der Waals surface area contributed by atoms with E-state index < -0.39 is 11.2 Å². The molecule has 2 heterocycles. The number of amides is 1. The van der Waals surface area contributed by atoms with Crippen molar-refractivity contribution in [2.75, 3.05) is 0 Å². The molecule has 0 spiro atoms. The molecular formula is C18H17ClN4O3. The summed E-state index contributed by atoms with van der Waals surface area (Å²) in [5.41, 5.74) is 0.399. The van der Waals surface area contributed by atoms with E-state index in [4.69, 9.17) is 11.6 Å². The third kappa shape index (κ3) is 4.18. The quantitative estimate of drug-likeness (QED) is 0.689. The highest BCUT2D eigenvalue weighted by Gasteiger charge is 2.09. The van der Waals surface area contributed by atoms with Gasteiger partial charge < -0.3 is 10.3 Å². The van der Waals surface area contributed by atoms with Crippen LogP contribution in [0.2, 0.25) is 5.02 Å². The van der Waals surface area contributed by atoms with Gasteiger partial charge in [0, 0.05) is 36.9 Å². The largest absolute Gasteiger partial charge is 0.352 e. The molecule has 7 nitrogen and oxygen atoms in total. The molecule has 0 aliphatic rings. The average Bonchev–Trinajstić information content (AvgIpc) is 2.63. The number of nitrogens with one attached hydrogen (secondary N) is 2. The van der Waals surface area contributed by atoms with Gasteiger partial charge in [-0.25, -0.2) is 4.79 Å². The minimum atomic E-state index is -0.513. The van der Waals surface area contributed by atoms with Crippen molar-refractivity contribution in [3.8, 4) is 0 Å². The molecule has 2 N–H and O–H groups in total. The van der Waals surface area contributed by atoms with Crippen molar-refractivity contribution in [2.24, 2.45) is 0 Å². The van der Waals surface area contributed by atoms with E-state index in [1.807, 2.05) is 6.07 Å². The van der Waals surface area contributed by atoms with Gasteiger partial charge in [0.05, 0.1) is 10.9 Å². The van der Waals surface area contributed by atoms with Crippen LogP contribution in [0, 0.1) is 0 Å². The second-order valence-corrected chi connectivity index (χ2v) is 6.25. The van der Waals surface area contributed by atoms with Crippen molar-refractivity contribution < 1.29 is 4.79 Å². The van der Waals surface area contributed by atoms with Crippen LogP contribution in [0.15, 0.2) is 52.3 Å². The van der Waals surface area contributed by atoms with Crippen LogP contribution >= 0.6 is 11.6 Å². The normalized spacial score (nSPS) is 10.8. The molecule has 3 rings (SSSR count). The van der Waals surface area contributed by atoms with Gasteiger partial charge in [0.25, 0.3) is 5.56 Å². The number of nitrogens with zero attached hydrogens (tertiary/aromatic N) is 2. The van der Waals surface area contributed by atoms with E-state index in [1.165, 1.54) is 6.07 Å². The molecule has 1 aromatic carbocycles. The van der Waals surface area contributed by atoms with Crippen molar-refractivity contribution in [3.63, 3.8) is 0 Å². The predicted molar refractivity (Wildman–Crippen MR) is 99.2 cm³/mol. The summed E-state index contributed by atoms with van der Waals surface area (Å²) in [5.74, 6) is -0.147. The lowest BCUT2D eigenvalue weighted by molar-refractivity contribution is -0.121. The lowest BCUT2D eigenvalue weighted by Crippen LogP contribution is -2.35. The molecule has 1 amide bonds. The highest BCUT2D eigenvalue weighted by Crippen LogP contribution is 2.13. The Kier molecular flexibility index (Phi) is 5.48. The molecule has 26 heavy (non-hydrogen) atoms. The molecule has 0 fully saturated rings. The Morgan fingerprint density at radius 3 is 2.88 bits per heavy atom. The molecule has 0 aliphatic carbocycles. The molecule has 0 aliphatic heterocycles. The average molecular weight is 373 g/mol. The van der Waals surface area contributed by atoms with E-state index in [1.54, 1.807) is 30.6 Å². The summed E-state index contributed by atoms with van der Waals surface area (Å²) in [6, 6.07) is 8.38. The van der Waals surface area contributed by atoms with Crippen molar-refractivity contribution in [1.82, 2.24) is 19.9 Å². The number of pyridine rings is 1. The third-order valence-electron chi connectivity index (χ3n) is 3.94. The minimum Gasteiger partial charge on any atom is -0.352 e. The van der Waals surface area contributed by atoms with E-state index in [0.29, 0.717) is 28.9 Å². The van der Waals surface area contributed by atoms with Crippen LogP contribution in [-0.4, -0.2) is 20.4 Å². The number of hydrogen-bond donors (Lipinski definition) is 2. The summed E-state index contributed by atoms with van der Waals surface area (Å²) in [7, 11) is 0. The molecule has 134 valence electrons. The number of fused-ring (bicyclic) bond motifs is 1. The zero-order valence-corrected chi connectivity index (χ0v) is 14.6. The Labute approximate surface area is 153 Å². The number of aromatic nitrogens is 3. The third-order valence-corrected chi connectivity index (χ3v) is 4.18. The van der Waals surface area contributed by atoms with Gasteiger partial charge in [-0.3, -0.25) is 19.1 Å².